The SMILES string of the molecule is CN(Cc1cccc(F)c1)C(=O)COC(=O)C1=Cc2ccccc2OC1. The van der Waals surface area contributed by atoms with Gasteiger partial charge in [-0.15, -0.1) is 0 Å². The van der Waals surface area contributed by atoms with Gasteiger partial charge in [-0.3, -0.25) is 4.79 Å². The molecule has 3 rings (SSSR count). The normalized spacial score (nSPS) is 12.5. The zero-order valence-electron chi connectivity index (χ0n) is 14.3. The van der Waals surface area contributed by atoms with Gasteiger partial charge in [0.2, 0.25) is 0 Å². The minimum atomic E-state index is -0.591. The summed E-state index contributed by atoms with van der Waals surface area (Å²) in [7, 11) is 1.57. The Balaban J connectivity index is 1.54. The number of carbonyl (C=O) groups excluding carboxylic acids is 2. The van der Waals surface area contributed by atoms with Crippen molar-refractivity contribution in [1.82, 2.24) is 4.90 Å². The van der Waals surface area contributed by atoms with Gasteiger partial charge in [0.15, 0.2) is 6.61 Å². The summed E-state index contributed by atoms with van der Waals surface area (Å²) < 4.78 is 23.8. The molecule has 6 heteroatoms. The minimum Gasteiger partial charge on any atom is -0.488 e. The third kappa shape index (κ3) is 4.27. The Kier molecular flexibility index (Phi) is 5.31. The largest absolute Gasteiger partial charge is 0.488 e. The van der Waals surface area contributed by atoms with Crippen molar-refractivity contribution < 1.29 is 23.5 Å². The third-order valence-electron chi connectivity index (χ3n) is 3.96. The highest BCUT2D eigenvalue weighted by Gasteiger charge is 2.20. The lowest BCUT2D eigenvalue weighted by atomic mass is 10.1. The van der Waals surface area contributed by atoms with Gasteiger partial charge in [0.05, 0.1) is 5.57 Å². The second kappa shape index (κ2) is 7.82. The molecule has 0 N–H and O–H groups in total. The molecule has 0 radical (unpaired) electrons. The average Bonchev–Trinajstić information content (AvgIpc) is 2.65. The maximum absolute atomic E-state index is 13.2. The lowest BCUT2D eigenvalue weighted by molar-refractivity contribution is -0.148. The van der Waals surface area contributed by atoms with Gasteiger partial charge >= 0.3 is 5.97 Å². The first-order valence-corrected chi connectivity index (χ1v) is 8.11. The number of halogens is 1. The number of amides is 1. The van der Waals surface area contributed by atoms with E-state index in [2.05, 4.69) is 0 Å². The molecule has 134 valence electrons. The molecule has 2 aromatic rings. The number of nitrogens with zero attached hydrogens (tertiary/aromatic N) is 1. The van der Waals surface area contributed by atoms with E-state index in [1.165, 1.54) is 17.0 Å². The van der Waals surface area contributed by atoms with E-state index in [0.29, 0.717) is 16.9 Å². The molecule has 1 aliphatic heterocycles. The van der Waals surface area contributed by atoms with E-state index >= 15 is 0 Å². The van der Waals surface area contributed by atoms with Crippen LogP contribution in [0, 0.1) is 5.82 Å². The second-order valence-electron chi connectivity index (χ2n) is 5.95. The molecule has 0 bridgehead atoms. The molecule has 1 amide bonds. The fraction of sp³-hybridized carbons (Fsp3) is 0.200. The highest BCUT2D eigenvalue weighted by atomic mass is 19.1. The fourth-order valence-corrected chi connectivity index (χ4v) is 2.56. The van der Waals surface area contributed by atoms with E-state index in [1.807, 2.05) is 24.3 Å². The van der Waals surface area contributed by atoms with E-state index < -0.39 is 5.97 Å². The number of carbonyl (C=O) groups is 2. The van der Waals surface area contributed by atoms with Crippen molar-refractivity contribution >= 4 is 18.0 Å². The topological polar surface area (TPSA) is 55.8 Å². The number of rotatable bonds is 5. The van der Waals surface area contributed by atoms with Gasteiger partial charge in [-0.2, -0.15) is 0 Å². The maximum Gasteiger partial charge on any atom is 0.338 e. The summed E-state index contributed by atoms with van der Waals surface area (Å²) >= 11 is 0. The van der Waals surface area contributed by atoms with Crippen LogP contribution in [-0.4, -0.2) is 37.0 Å². The van der Waals surface area contributed by atoms with Crippen molar-refractivity contribution in [3.05, 3.63) is 71.0 Å². The fourth-order valence-electron chi connectivity index (χ4n) is 2.56. The smallest absolute Gasteiger partial charge is 0.338 e. The molecule has 1 heterocycles. The monoisotopic (exact) mass is 355 g/mol. The number of likely N-dealkylation sites (N-methyl/N-ethyl adjacent to an activating group) is 1. The third-order valence-corrected chi connectivity index (χ3v) is 3.96. The molecular formula is C20H18FNO4. The van der Waals surface area contributed by atoms with Crippen LogP contribution in [0.5, 0.6) is 5.75 Å². The van der Waals surface area contributed by atoms with Crippen molar-refractivity contribution in [3.8, 4) is 5.75 Å². The Hall–Kier alpha value is -3.15. The number of esters is 1. The molecule has 0 aliphatic carbocycles. The average molecular weight is 355 g/mol. The molecule has 0 unspecified atom stereocenters. The summed E-state index contributed by atoms with van der Waals surface area (Å²) in [6.45, 7) is -0.0554. The van der Waals surface area contributed by atoms with Crippen molar-refractivity contribution in [2.75, 3.05) is 20.3 Å². The van der Waals surface area contributed by atoms with E-state index in [-0.39, 0.29) is 31.5 Å². The lowest BCUT2D eigenvalue weighted by Crippen LogP contribution is -2.31. The predicted octanol–water partition coefficient (Wildman–Crippen LogP) is 2.80. The molecule has 5 nitrogen and oxygen atoms in total. The number of para-hydroxylation sites is 1. The summed E-state index contributed by atoms with van der Waals surface area (Å²) in [5.74, 6) is -0.624. The van der Waals surface area contributed by atoms with Crippen LogP contribution >= 0.6 is 0 Å². The molecule has 1 aliphatic rings. The molecule has 2 aromatic carbocycles. The molecule has 0 fully saturated rings. The zero-order chi connectivity index (χ0) is 18.5. The van der Waals surface area contributed by atoms with Crippen molar-refractivity contribution in [2.45, 2.75) is 6.54 Å². The molecule has 0 aromatic heterocycles. The summed E-state index contributed by atoms with van der Waals surface area (Å²) in [5.41, 5.74) is 1.80. The Labute approximate surface area is 150 Å². The van der Waals surface area contributed by atoms with Crippen molar-refractivity contribution in [2.24, 2.45) is 0 Å². The van der Waals surface area contributed by atoms with E-state index in [4.69, 9.17) is 9.47 Å². The van der Waals surface area contributed by atoms with Crippen molar-refractivity contribution in [1.29, 1.82) is 0 Å². The summed E-state index contributed by atoms with van der Waals surface area (Å²) in [6.07, 6.45) is 1.70. The van der Waals surface area contributed by atoms with Gasteiger partial charge in [0, 0.05) is 19.2 Å². The van der Waals surface area contributed by atoms with Crippen LogP contribution in [0.25, 0.3) is 6.08 Å². The Bertz CT molecular complexity index is 862. The van der Waals surface area contributed by atoms with E-state index in [1.54, 1.807) is 25.3 Å². The first kappa shape index (κ1) is 17.7. The number of benzene rings is 2. The minimum absolute atomic E-state index is 0.100. The van der Waals surface area contributed by atoms with Crippen LogP contribution in [0.2, 0.25) is 0 Å². The molecule has 0 saturated heterocycles. The van der Waals surface area contributed by atoms with Crippen LogP contribution in [0.4, 0.5) is 4.39 Å². The van der Waals surface area contributed by atoms with Gasteiger partial charge in [-0.05, 0) is 29.8 Å². The van der Waals surface area contributed by atoms with Gasteiger partial charge < -0.3 is 14.4 Å². The first-order valence-electron chi connectivity index (χ1n) is 8.11. The molecule has 0 spiro atoms. The van der Waals surface area contributed by atoms with Crippen LogP contribution in [0.15, 0.2) is 54.1 Å². The zero-order valence-corrected chi connectivity index (χ0v) is 14.3. The number of ether oxygens (including phenoxy) is 2. The number of hydrogen-bond acceptors (Lipinski definition) is 4. The van der Waals surface area contributed by atoms with Crippen LogP contribution in [0.1, 0.15) is 11.1 Å². The standard InChI is InChI=1S/C20H18FNO4/c1-22(11-14-5-4-7-17(21)9-14)19(23)13-26-20(24)16-10-15-6-2-3-8-18(15)25-12-16/h2-10H,11-13H2,1H3. The Morgan fingerprint density at radius 2 is 2.00 bits per heavy atom. The molecule has 0 atom stereocenters. The van der Waals surface area contributed by atoms with Gasteiger partial charge in [-0.25, -0.2) is 9.18 Å². The van der Waals surface area contributed by atoms with Crippen LogP contribution in [0.3, 0.4) is 0 Å². The second-order valence-corrected chi connectivity index (χ2v) is 5.95. The number of fused-ring (bicyclic) bond motifs is 1. The summed E-state index contributed by atoms with van der Waals surface area (Å²) in [4.78, 5) is 25.6. The highest BCUT2D eigenvalue weighted by molar-refractivity contribution is 5.96. The van der Waals surface area contributed by atoms with Crippen molar-refractivity contribution in [3.63, 3.8) is 0 Å². The quantitative estimate of drug-likeness (QED) is 0.774. The van der Waals surface area contributed by atoms with E-state index in [0.717, 1.165) is 5.56 Å². The number of hydrogen-bond donors (Lipinski definition) is 0. The first-order chi connectivity index (χ1) is 12.5. The predicted molar refractivity (Wildman–Crippen MR) is 93.7 cm³/mol. The van der Waals surface area contributed by atoms with Gasteiger partial charge in [0.1, 0.15) is 18.2 Å². The summed E-state index contributed by atoms with van der Waals surface area (Å²) in [6, 6.07) is 13.3. The Morgan fingerprint density at radius 1 is 1.19 bits per heavy atom. The molecule has 26 heavy (non-hydrogen) atoms. The Morgan fingerprint density at radius 3 is 2.81 bits per heavy atom. The van der Waals surface area contributed by atoms with Gasteiger partial charge in [-0.1, -0.05) is 30.3 Å². The maximum atomic E-state index is 13.2. The van der Waals surface area contributed by atoms with Crippen LogP contribution in [-0.2, 0) is 20.9 Å². The summed E-state index contributed by atoms with van der Waals surface area (Å²) in [5, 5.41) is 0. The lowest BCUT2D eigenvalue weighted by Gasteiger charge is -2.19. The highest BCUT2D eigenvalue weighted by Crippen LogP contribution is 2.26. The van der Waals surface area contributed by atoms with E-state index in [9.17, 15) is 14.0 Å². The van der Waals surface area contributed by atoms with Gasteiger partial charge in [0.25, 0.3) is 5.91 Å². The molecular weight excluding hydrogens is 337 g/mol. The molecule has 0 saturated carbocycles. The van der Waals surface area contributed by atoms with Crippen LogP contribution < -0.4 is 4.74 Å².